The minimum absolute atomic E-state index is 0.111. The number of nitro groups is 1. The van der Waals surface area contributed by atoms with E-state index in [1.807, 2.05) is 24.3 Å². The highest BCUT2D eigenvalue weighted by Crippen LogP contribution is 2.32. The topological polar surface area (TPSA) is 74.4 Å². The van der Waals surface area contributed by atoms with Crippen LogP contribution in [0.5, 0.6) is 0 Å². The molecule has 3 rings (SSSR count). The molecule has 0 atom stereocenters. The SMILES string of the molecule is C=CC(=O)OCCCCCCn1c2ccccc2c2cc([N+](=O)[O-])ccc21. The number of hydrogen-bond acceptors (Lipinski definition) is 4. The Hall–Kier alpha value is -3.15. The number of para-hydroxylation sites is 1. The molecule has 0 aliphatic carbocycles. The minimum Gasteiger partial charge on any atom is -0.463 e. The van der Waals surface area contributed by atoms with Gasteiger partial charge in [-0.3, -0.25) is 10.1 Å². The zero-order valence-corrected chi connectivity index (χ0v) is 15.1. The summed E-state index contributed by atoms with van der Waals surface area (Å²) in [5.41, 5.74) is 2.22. The van der Waals surface area contributed by atoms with Gasteiger partial charge in [-0.1, -0.05) is 31.2 Å². The van der Waals surface area contributed by atoms with E-state index in [4.69, 9.17) is 4.74 Å². The number of unbranched alkanes of at least 4 members (excludes halogenated alkanes) is 3. The molecular formula is C21H22N2O4. The van der Waals surface area contributed by atoms with E-state index >= 15 is 0 Å². The Morgan fingerprint density at radius 2 is 1.81 bits per heavy atom. The lowest BCUT2D eigenvalue weighted by atomic mass is 10.1. The molecule has 0 fully saturated rings. The molecule has 1 heterocycles. The van der Waals surface area contributed by atoms with Crippen LogP contribution in [0.15, 0.2) is 55.1 Å². The lowest BCUT2D eigenvalue weighted by Crippen LogP contribution is -2.02. The Labute approximate surface area is 157 Å². The predicted molar refractivity (Wildman–Crippen MR) is 106 cm³/mol. The summed E-state index contributed by atoms with van der Waals surface area (Å²) in [6.45, 7) is 4.63. The molecule has 140 valence electrons. The van der Waals surface area contributed by atoms with Gasteiger partial charge in [-0.25, -0.2) is 4.79 Å². The van der Waals surface area contributed by atoms with Crippen LogP contribution in [0.4, 0.5) is 5.69 Å². The molecule has 1 aromatic heterocycles. The summed E-state index contributed by atoms with van der Waals surface area (Å²) in [4.78, 5) is 21.7. The van der Waals surface area contributed by atoms with E-state index in [0.717, 1.165) is 54.0 Å². The first-order chi connectivity index (χ1) is 13.1. The first-order valence-corrected chi connectivity index (χ1v) is 9.06. The highest BCUT2D eigenvalue weighted by atomic mass is 16.6. The lowest BCUT2D eigenvalue weighted by Gasteiger charge is -2.07. The van der Waals surface area contributed by atoms with Gasteiger partial charge in [-0.15, -0.1) is 0 Å². The standard InChI is InChI=1S/C21H22N2O4/c1-2-21(24)27-14-8-4-3-7-13-22-19-10-6-5-9-17(19)18-15-16(23(25)26)11-12-20(18)22/h2,5-6,9-12,15H,1,3-4,7-8,13-14H2. The largest absolute Gasteiger partial charge is 0.463 e. The van der Waals surface area contributed by atoms with Crippen molar-refractivity contribution in [3.63, 3.8) is 0 Å². The van der Waals surface area contributed by atoms with Gasteiger partial charge in [0.2, 0.25) is 0 Å². The highest BCUT2D eigenvalue weighted by Gasteiger charge is 2.14. The smallest absolute Gasteiger partial charge is 0.330 e. The van der Waals surface area contributed by atoms with Crippen molar-refractivity contribution in [3.8, 4) is 0 Å². The van der Waals surface area contributed by atoms with Crippen LogP contribution in [-0.4, -0.2) is 22.1 Å². The third-order valence-corrected chi connectivity index (χ3v) is 4.65. The normalized spacial score (nSPS) is 11.0. The molecule has 3 aromatic rings. The number of aryl methyl sites for hydroxylation is 1. The summed E-state index contributed by atoms with van der Waals surface area (Å²) >= 11 is 0. The molecule has 6 heteroatoms. The van der Waals surface area contributed by atoms with Crippen molar-refractivity contribution >= 4 is 33.5 Å². The van der Waals surface area contributed by atoms with Gasteiger partial charge in [0, 0.05) is 46.6 Å². The van der Waals surface area contributed by atoms with Gasteiger partial charge >= 0.3 is 5.97 Å². The van der Waals surface area contributed by atoms with Crippen molar-refractivity contribution in [1.82, 2.24) is 4.57 Å². The number of nitrogens with zero attached hydrogens (tertiary/aromatic N) is 2. The van der Waals surface area contributed by atoms with Crippen LogP contribution in [0.3, 0.4) is 0 Å². The van der Waals surface area contributed by atoms with Crippen LogP contribution in [0.1, 0.15) is 25.7 Å². The zero-order chi connectivity index (χ0) is 19.2. The van der Waals surface area contributed by atoms with E-state index < -0.39 is 0 Å². The van der Waals surface area contributed by atoms with Crippen molar-refractivity contribution < 1.29 is 14.5 Å². The Kier molecular flexibility index (Phi) is 5.86. The molecule has 0 radical (unpaired) electrons. The number of ether oxygens (including phenoxy) is 1. The van der Waals surface area contributed by atoms with E-state index in [9.17, 15) is 14.9 Å². The van der Waals surface area contributed by atoms with Gasteiger partial charge in [-0.2, -0.15) is 0 Å². The Morgan fingerprint density at radius 1 is 1.07 bits per heavy atom. The summed E-state index contributed by atoms with van der Waals surface area (Å²) in [6.07, 6.45) is 4.99. The average Bonchev–Trinajstić information content (AvgIpc) is 3.00. The molecule has 0 saturated carbocycles. The van der Waals surface area contributed by atoms with Crippen LogP contribution in [0, 0.1) is 10.1 Å². The quantitative estimate of drug-likeness (QED) is 0.176. The van der Waals surface area contributed by atoms with Crippen LogP contribution in [-0.2, 0) is 16.1 Å². The second-order valence-electron chi connectivity index (χ2n) is 6.41. The molecule has 6 nitrogen and oxygen atoms in total. The van der Waals surface area contributed by atoms with Gasteiger partial charge in [0.15, 0.2) is 0 Å². The summed E-state index contributed by atoms with van der Waals surface area (Å²) in [6, 6.07) is 13.0. The number of nitro benzene ring substituents is 1. The fourth-order valence-corrected chi connectivity index (χ4v) is 3.35. The third kappa shape index (κ3) is 4.16. The Bertz CT molecular complexity index is 990. The number of aromatic nitrogens is 1. The first kappa shape index (κ1) is 18.6. The van der Waals surface area contributed by atoms with E-state index in [0.29, 0.717) is 6.61 Å². The molecule has 0 spiro atoms. The zero-order valence-electron chi connectivity index (χ0n) is 15.1. The van der Waals surface area contributed by atoms with E-state index in [1.165, 1.54) is 6.08 Å². The molecule has 0 unspecified atom stereocenters. The van der Waals surface area contributed by atoms with Crippen molar-refractivity contribution in [1.29, 1.82) is 0 Å². The molecule has 0 saturated heterocycles. The van der Waals surface area contributed by atoms with Gasteiger partial charge in [0.1, 0.15) is 0 Å². The Balaban J connectivity index is 1.69. The third-order valence-electron chi connectivity index (χ3n) is 4.65. The van der Waals surface area contributed by atoms with E-state index in [1.54, 1.807) is 12.1 Å². The minimum atomic E-state index is -0.380. The molecule has 0 aliphatic rings. The number of esters is 1. The number of carbonyl (C=O) groups excluding carboxylic acids is 1. The van der Waals surface area contributed by atoms with Crippen molar-refractivity contribution in [2.24, 2.45) is 0 Å². The van der Waals surface area contributed by atoms with Crippen molar-refractivity contribution in [2.45, 2.75) is 32.2 Å². The maximum Gasteiger partial charge on any atom is 0.330 e. The maximum atomic E-state index is 11.1. The van der Waals surface area contributed by atoms with Gasteiger partial charge in [0.25, 0.3) is 5.69 Å². The maximum absolute atomic E-state index is 11.1. The lowest BCUT2D eigenvalue weighted by molar-refractivity contribution is -0.384. The van der Waals surface area contributed by atoms with Gasteiger partial charge < -0.3 is 9.30 Å². The number of carbonyl (C=O) groups is 1. The van der Waals surface area contributed by atoms with Crippen molar-refractivity contribution in [2.75, 3.05) is 6.61 Å². The summed E-state index contributed by atoms with van der Waals surface area (Å²) < 4.78 is 7.20. The summed E-state index contributed by atoms with van der Waals surface area (Å²) in [5.74, 6) is -0.380. The van der Waals surface area contributed by atoms with Crippen LogP contribution in [0.2, 0.25) is 0 Å². The second kappa shape index (κ2) is 8.49. The molecule has 27 heavy (non-hydrogen) atoms. The fraction of sp³-hybridized carbons (Fsp3) is 0.286. The second-order valence-corrected chi connectivity index (χ2v) is 6.41. The molecule has 0 aliphatic heterocycles. The number of fused-ring (bicyclic) bond motifs is 3. The Morgan fingerprint density at radius 3 is 2.59 bits per heavy atom. The molecular weight excluding hydrogens is 344 g/mol. The predicted octanol–water partition coefficient (Wildman–Crippen LogP) is 4.99. The number of non-ortho nitro benzene ring substituents is 1. The van der Waals surface area contributed by atoms with E-state index in [-0.39, 0.29) is 16.6 Å². The summed E-state index contributed by atoms with van der Waals surface area (Å²) in [7, 11) is 0. The number of benzene rings is 2. The number of rotatable bonds is 9. The van der Waals surface area contributed by atoms with Crippen LogP contribution in [0.25, 0.3) is 21.8 Å². The fourth-order valence-electron chi connectivity index (χ4n) is 3.35. The van der Waals surface area contributed by atoms with Gasteiger partial charge in [0.05, 0.1) is 11.5 Å². The van der Waals surface area contributed by atoms with Crippen molar-refractivity contribution in [3.05, 3.63) is 65.2 Å². The molecule has 2 aromatic carbocycles. The van der Waals surface area contributed by atoms with E-state index in [2.05, 4.69) is 17.2 Å². The number of hydrogen-bond donors (Lipinski definition) is 0. The average molecular weight is 366 g/mol. The first-order valence-electron chi connectivity index (χ1n) is 9.06. The highest BCUT2D eigenvalue weighted by molar-refractivity contribution is 6.08. The van der Waals surface area contributed by atoms with Crippen LogP contribution < -0.4 is 0 Å². The summed E-state index contributed by atoms with van der Waals surface area (Å²) in [5, 5.41) is 13.1. The molecule has 0 amide bonds. The van der Waals surface area contributed by atoms with Crippen LogP contribution >= 0.6 is 0 Å². The van der Waals surface area contributed by atoms with Gasteiger partial charge in [-0.05, 0) is 31.4 Å². The molecule has 0 N–H and O–H groups in total. The molecule has 0 bridgehead atoms. The monoisotopic (exact) mass is 366 g/mol.